The molecule has 4 heterocycles. The standard InChI is InChI=1S/C37H24N4S/c38-29-15-7-4-13-27(29)30-20-18-24(22-39-30)41-32-21-19-26-25-12-5-8-16-31(25)40(23-10-2-1-3-11-23)36(26)35(32)34-28-14-6-9-17-33(28)42-37(34)41/h1-22,38-39H/b30-27-,38-29?. The highest BCUT2D eigenvalue weighted by atomic mass is 32.1. The molecule has 0 fully saturated rings. The molecule has 7 aromatic rings. The molecule has 0 saturated heterocycles. The molecule has 1 aliphatic heterocycles. The second-order valence-electron chi connectivity index (χ2n) is 10.7. The summed E-state index contributed by atoms with van der Waals surface area (Å²) in [7, 11) is 0. The van der Waals surface area contributed by atoms with Crippen LogP contribution >= 0.6 is 11.3 Å². The lowest BCUT2D eigenvalue weighted by Crippen LogP contribution is -2.15. The average Bonchev–Trinajstić information content (AvgIpc) is 3.68. The molecule has 0 spiro atoms. The van der Waals surface area contributed by atoms with Crippen LogP contribution in [-0.4, -0.2) is 14.8 Å². The van der Waals surface area contributed by atoms with E-state index in [1.165, 1.54) is 53.0 Å². The average molecular weight is 557 g/mol. The maximum atomic E-state index is 8.37. The molecule has 42 heavy (non-hydrogen) atoms. The first kappa shape index (κ1) is 23.3. The minimum Gasteiger partial charge on any atom is -0.359 e. The fraction of sp³-hybridized carbons (Fsp3) is 0. The Kier molecular flexibility index (Phi) is 4.89. The van der Waals surface area contributed by atoms with Gasteiger partial charge in [0.1, 0.15) is 4.83 Å². The summed E-state index contributed by atoms with van der Waals surface area (Å²) in [6, 6.07) is 32.8. The zero-order chi connectivity index (χ0) is 27.8. The quantitative estimate of drug-likeness (QED) is 0.219. The van der Waals surface area contributed by atoms with Crippen molar-refractivity contribution in [2.45, 2.75) is 0 Å². The van der Waals surface area contributed by atoms with E-state index in [0.29, 0.717) is 5.71 Å². The summed E-state index contributed by atoms with van der Waals surface area (Å²) in [5.41, 5.74) is 8.17. The molecule has 0 unspecified atom stereocenters. The van der Waals surface area contributed by atoms with E-state index >= 15 is 0 Å². The number of para-hydroxylation sites is 2. The SMILES string of the molecule is N=C1C=CC=C/C1=C1\C=CC(n2c3ccc4c5ccccc5n(-c5ccccc5)c4c3c3c4ccccc4sc32)=CN1. The van der Waals surface area contributed by atoms with Crippen molar-refractivity contribution in [1.29, 1.82) is 5.41 Å². The molecule has 0 radical (unpaired) electrons. The van der Waals surface area contributed by atoms with E-state index in [1.807, 2.05) is 35.6 Å². The van der Waals surface area contributed by atoms with Gasteiger partial charge in [-0.2, -0.15) is 0 Å². The lowest BCUT2D eigenvalue weighted by Gasteiger charge is -2.17. The highest BCUT2D eigenvalue weighted by Gasteiger charge is 2.24. The molecule has 3 aromatic heterocycles. The predicted octanol–water partition coefficient (Wildman–Crippen LogP) is 9.46. The first-order valence-corrected chi connectivity index (χ1v) is 14.9. The Bertz CT molecular complexity index is 2440. The zero-order valence-corrected chi connectivity index (χ0v) is 23.3. The summed E-state index contributed by atoms with van der Waals surface area (Å²) in [4.78, 5) is 1.23. The Labute approximate surface area is 245 Å². The number of nitrogens with zero attached hydrogens (tertiary/aromatic N) is 2. The van der Waals surface area contributed by atoms with Gasteiger partial charge in [0, 0.05) is 54.8 Å². The Morgan fingerprint density at radius 1 is 0.619 bits per heavy atom. The van der Waals surface area contributed by atoms with Crippen LogP contribution < -0.4 is 5.32 Å². The topological polar surface area (TPSA) is 45.7 Å². The van der Waals surface area contributed by atoms with Crippen molar-refractivity contribution in [2.24, 2.45) is 0 Å². The van der Waals surface area contributed by atoms with E-state index in [1.54, 1.807) is 0 Å². The molecule has 1 aliphatic carbocycles. The molecule has 2 aliphatic rings. The van der Waals surface area contributed by atoms with E-state index in [9.17, 15) is 0 Å². The summed E-state index contributed by atoms with van der Waals surface area (Å²) in [5, 5.41) is 18.2. The minimum absolute atomic E-state index is 0.510. The van der Waals surface area contributed by atoms with Gasteiger partial charge in [-0.15, -0.1) is 11.3 Å². The molecule has 0 atom stereocenters. The third kappa shape index (κ3) is 3.20. The second-order valence-corrected chi connectivity index (χ2v) is 11.7. The fourth-order valence-electron chi connectivity index (χ4n) is 6.56. The van der Waals surface area contributed by atoms with E-state index in [4.69, 9.17) is 5.41 Å². The number of hydrogen-bond donors (Lipinski definition) is 2. The third-order valence-corrected chi connectivity index (χ3v) is 9.53. The summed E-state index contributed by atoms with van der Waals surface area (Å²) < 4.78 is 6.11. The molecule has 5 heteroatoms. The van der Waals surface area contributed by atoms with E-state index in [-0.39, 0.29) is 0 Å². The Balaban J connectivity index is 1.40. The first-order chi connectivity index (χ1) is 20.8. The number of allylic oxidation sites excluding steroid dienone is 8. The van der Waals surface area contributed by atoms with Gasteiger partial charge >= 0.3 is 0 Å². The van der Waals surface area contributed by atoms with Crippen LogP contribution in [0.15, 0.2) is 145 Å². The molecule has 0 saturated carbocycles. The lowest BCUT2D eigenvalue weighted by molar-refractivity contribution is 1.06. The van der Waals surface area contributed by atoms with Crippen molar-refractivity contribution in [2.75, 3.05) is 0 Å². The largest absolute Gasteiger partial charge is 0.359 e. The number of aromatic nitrogens is 2. The number of rotatable bonds is 2. The van der Waals surface area contributed by atoms with Crippen LogP contribution in [0.2, 0.25) is 0 Å². The monoisotopic (exact) mass is 556 g/mol. The molecule has 0 amide bonds. The number of fused-ring (bicyclic) bond motifs is 9. The highest BCUT2D eigenvalue weighted by Crippen LogP contribution is 2.47. The van der Waals surface area contributed by atoms with Gasteiger partial charge in [-0.1, -0.05) is 78.9 Å². The van der Waals surface area contributed by atoms with Crippen LogP contribution in [0.1, 0.15) is 0 Å². The van der Waals surface area contributed by atoms with E-state index in [2.05, 4.69) is 124 Å². The van der Waals surface area contributed by atoms with Gasteiger partial charge in [0.05, 0.1) is 28.0 Å². The third-order valence-electron chi connectivity index (χ3n) is 8.37. The van der Waals surface area contributed by atoms with Gasteiger partial charge in [0.15, 0.2) is 0 Å². The number of benzene rings is 4. The summed E-state index contributed by atoms with van der Waals surface area (Å²) in [6.07, 6.45) is 14.0. The molecule has 4 aromatic carbocycles. The number of hydrogen-bond acceptors (Lipinski definition) is 3. The number of dihydropyridines is 1. The number of nitrogens with one attached hydrogen (secondary N) is 2. The van der Waals surface area contributed by atoms with Gasteiger partial charge in [-0.25, -0.2) is 0 Å². The van der Waals surface area contributed by atoms with Gasteiger partial charge in [-0.05, 0) is 48.6 Å². The van der Waals surface area contributed by atoms with Crippen molar-refractivity contribution in [3.63, 3.8) is 0 Å². The van der Waals surface area contributed by atoms with Crippen molar-refractivity contribution < 1.29 is 0 Å². The maximum Gasteiger partial charge on any atom is 0.109 e. The van der Waals surface area contributed by atoms with Crippen molar-refractivity contribution in [3.8, 4) is 5.69 Å². The summed E-state index contributed by atoms with van der Waals surface area (Å²) >= 11 is 1.84. The fourth-order valence-corrected chi connectivity index (χ4v) is 7.81. The smallest absolute Gasteiger partial charge is 0.109 e. The normalized spacial score (nSPS) is 16.9. The maximum absolute atomic E-state index is 8.37. The summed E-state index contributed by atoms with van der Waals surface area (Å²) in [6.45, 7) is 0. The van der Waals surface area contributed by atoms with Crippen LogP contribution in [0.5, 0.6) is 0 Å². The molecule has 0 bridgehead atoms. The Morgan fingerprint density at radius 2 is 1.40 bits per heavy atom. The van der Waals surface area contributed by atoms with Crippen LogP contribution in [-0.2, 0) is 0 Å². The second kappa shape index (κ2) is 8.80. The molecule has 2 N–H and O–H groups in total. The predicted molar refractivity (Wildman–Crippen MR) is 179 cm³/mol. The van der Waals surface area contributed by atoms with Crippen LogP contribution in [0, 0.1) is 5.41 Å². The van der Waals surface area contributed by atoms with Crippen LogP contribution in [0.4, 0.5) is 0 Å². The zero-order valence-electron chi connectivity index (χ0n) is 22.5. The molecule has 198 valence electrons. The molecule has 4 nitrogen and oxygen atoms in total. The van der Waals surface area contributed by atoms with Crippen molar-refractivity contribution in [1.82, 2.24) is 14.5 Å². The van der Waals surface area contributed by atoms with Gasteiger partial charge in [0.25, 0.3) is 0 Å². The van der Waals surface area contributed by atoms with Crippen LogP contribution in [0.3, 0.4) is 0 Å². The minimum atomic E-state index is 0.510. The highest BCUT2D eigenvalue weighted by molar-refractivity contribution is 7.25. The molecular weight excluding hydrogens is 533 g/mol. The van der Waals surface area contributed by atoms with E-state index < -0.39 is 0 Å². The lowest BCUT2D eigenvalue weighted by atomic mass is 10.0. The van der Waals surface area contributed by atoms with Crippen LogP contribution in [0.25, 0.3) is 64.4 Å². The van der Waals surface area contributed by atoms with Crippen molar-refractivity contribution >= 4 is 75.8 Å². The number of thiophene rings is 1. The Morgan fingerprint density at radius 3 is 2.24 bits per heavy atom. The van der Waals surface area contributed by atoms with Gasteiger partial charge in [-0.3, -0.25) is 4.57 Å². The molecular formula is C37H24N4S. The van der Waals surface area contributed by atoms with Gasteiger partial charge < -0.3 is 15.3 Å². The summed E-state index contributed by atoms with van der Waals surface area (Å²) in [5.74, 6) is 0. The first-order valence-electron chi connectivity index (χ1n) is 14.0. The van der Waals surface area contributed by atoms with Gasteiger partial charge in [0.2, 0.25) is 0 Å². The van der Waals surface area contributed by atoms with E-state index in [0.717, 1.165) is 22.7 Å². The van der Waals surface area contributed by atoms with Crippen molar-refractivity contribution in [3.05, 3.63) is 145 Å². The Hall–Kier alpha value is -5.39. The molecule has 9 rings (SSSR count).